The SMILES string of the molecule is CNC1=C[NH2+]/C(=C(\C=N)Oc2cnc3nc(Nc4cc(CN(C)C)cc(C(F)(F)F)c4)n(C)c3c2Cl)C=N1. The minimum atomic E-state index is -4.51. The number of pyridine rings is 1. The van der Waals surface area contributed by atoms with Crippen molar-refractivity contribution in [1.82, 2.24) is 24.8 Å². The molecule has 0 atom stereocenters. The van der Waals surface area contributed by atoms with Crippen molar-refractivity contribution in [3.05, 3.63) is 64.0 Å². The van der Waals surface area contributed by atoms with Crippen molar-refractivity contribution in [2.75, 3.05) is 26.5 Å². The molecule has 38 heavy (non-hydrogen) atoms. The molecule has 1 aromatic carbocycles. The predicted octanol–water partition coefficient (Wildman–Crippen LogP) is 3.35. The van der Waals surface area contributed by atoms with Crippen LogP contribution in [0.3, 0.4) is 0 Å². The van der Waals surface area contributed by atoms with Crippen molar-refractivity contribution in [3.63, 3.8) is 0 Å². The Kier molecular flexibility index (Phi) is 7.71. The number of aryl methyl sites for hydroxylation is 1. The number of aliphatic imine (C=N–C) groups is 1. The normalized spacial score (nSPS) is 15.0. The van der Waals surface area contributed by atoms with E-state index in [9.17, 15) is 13.2 Å². The van der Waals surface area contributed by atoms with Crippen molar-refractivity contribution < 1.29 is 23.2 Å². The number of imidazole rings is 1. The smallest absolute Gasteiger partial charge is 0.416 e. The van der Waals surface area contributed by atoms with Gasteiger partial charge < -0.3 is 30.2 Å². The Labute approximate surface area is 221 Å². The maximum atomic E-state index is 13.5. The summed E-state index contributed by atoms with van der Waals surface area (Å²) in [6, 6.07) is 3.79. The molecule has 3 heterocycles. The van der Waals surface area contributed by atoms with Gasteiger partial charge >= 0.3 is 6.18 Å². The Morgan fingerprint density at radius 3 is 2.66 bits per heavy atom. The van der Waals surface area contributed by atoms with Gasteiger partial charge in [-0.1, -0.05) is 11.6 Å². The molecule has 0 amide bonds. The Hall–Kier alpha value is -3.94. The highest BCUT2D eigenvalue weighted by Crippen LogP contribution is 2.36. The summed E-state index contributed by atoms with van der Waals surface area (Å²) in [7, 11) is 6.96. The highest BCUT2D eigenvalue weighted by Gasteiger charge is 2.31. The van der Waals surface area contributed by atoms with Crippen LogP contribution in [0.25, 0.3) is 11.2 Å². The van der Waals surface area contributed by atoms with Gasteiger partial charge in [0.25, 0.3) is 0 Å². The first-order valence-corrected chi connectivity index (χ1v) is 11.7. The van der Waals surface area contributed by atoms with Gasteiger partial charge in [-0.3, -0.25) is 5.32 Å². The molecule has 0 unspecified atom stereocenters. The van der Waals surface area contributed by atoms with Crippen LogP contribution in [0.1, 0.15) is 11.1 Å². The van der Waals surface area contributed by atoms with Crippen LogP contribution in [-0.2, 0) is 19.8 Å². The van der Waals surface area contributed by atoms with Gasteiger partial charge in [0.2, 0.25) is 11.7 Å². The van der Waals surface area contributed by atoms with E-state index in [4.69, 9.17) is 21.7 Å². The third-order valence-electron chi connectivity index (χ3n) is 5.54. The summed E-state index contributed by atoms with van der Waals surface area (Å²) >= 11 is 6.64. The fourth-order valence-corrected chi connectivity index (χ4v) is 4.09. The first-order valence-electron chi connectivity index (χ1n) is 11.3. The Bertz CT molecular complexity index is 1480. The summed E-state index contributed by atoms with van der Waals surface area (Å²) in [6.07, 6.45) is 1.19. The molecular weight excluding hydrogens is 523 g/mol. The van der Waals surface area contributed by atoms with Crippen LogP contribution in [0.15, 0.2) is 52.9 Å². The van der Waals surface area contributed by atoms with Gasteiger partial charge in [-0.15, -0.1) is 0 Å². The first-order chi connectivity index (χ1) is 18.0. The molecule has 5 N–H and O–H groups in total. The zero-order valence-corrected chi connectivity index (χ0v) is 21.7. The number of hydrogen-bond acceptors (Lipinski definition) is 8. The lowest BCUT2D eigenvalue weighted by Crippen LogP contribution is -2.78. The average molecular weight is 549 g/mol. The summed E-state index contributed by atoms with van der Waals surface area (Å²) in [5.41, 5.74) is 1.17. The molecule has 0 radical (unpaired) electrons. The number of allylic oxidation sites excluding steroid dienone is 2. The molecule has 0 saturated carbocycles. The lowest BCUT2D eigenvalue weighted by Gasteiger charge is -2.16. The van der Waals surface area contributed by atoms with Crippen molar-refractivity contribution in [1.29, 1.82) is 5.41 Å². The minimum absolute atomic E-state index is 0.176. The minimum Gasteiger partial charge on any atom is -0.446 e. The molecule has 10 nitrogen and oxygen atoms in total. The monoisotopic (exact) mass is 548 g/mol. The molecule has 14 heteroatoms. The molecule has 1 aliphatic heterocycles. The number of fused-ring (bicyclic) bond motifs is 1. The molecule has 0 bridgehead atoms. The first kappa shape index (κ1) is 27.1. The Morgan fingerprint density at radius 1 is 1.29 bits per heavy atom. The largest absolute Gasteiger partial charge is 0.446 e. The fraction of sp³-hybridized carbons (Fsp3) is 0.250. The number of nitrogens with one attached hydrogen (secondary N) is 3. The summed E-state index contributed by atoms with van der Waals surface area (Å²) in [4.78, 5) is 14.7. The molecule has 0 fully saturated rings. The maximum Gasteiger partial charge on any atom is 0.416 e. The number of benzene rings is 1. The van der Waals surface area contributed by atoms with Gasteiger partial charge in [0.05, 0.1) is 24.2 Å². The number of aromatic nitrogens is 3. The van der Waals surface area contributed by atoms with Gasteiger partial charge in [-0.25, -0.2) is 9.98 Å². The number of rotatable bonds is 8. The van der Waals surface area contributed by atoms with E-state index in [-0.39, 0.29) is 33.8 Å². The van der Waals surface area contributed by atoms with Crippen LogP contribution in [0.5, 0.6) is 5.75 Å². The van der Waals surface area contributed by atoms with E-state index in [0.717, 1.165) is 18.3 Å². The predicted molar refractivity (Wildman–Crippen MR) is 140 cm³/mol. The lowest BCUT2D eigenvalue weighted by atomic mass is 10.1. The van der Waals surface area contributed by atoms with E-state index in [1.807, 2.05) is 0 Å². The zero-order valence-electron chi connectivity index (χ0n) is 21.0. The third-order valence-corrected chi connectivity index (χ3v) is 5.90. The summed E-state index contributed by atoms with van der Waals surface area (Å²) in [6.45, 7) is 0.328. The highest BCUT2D eigenvalue weighted by molar-refractivity contribution is 6.36. The van der Waals surface area contributed by atoms with Gasteiger partial charge in [0.1, 0.15) is 16.7 Å². The number of anilines is 2. The summed E-state index contributed by atoms with van der Waals surface area (Å²) in [5, 5.41) is 15.6. The highest BCUT2D eigenvalue weighted by atomic mass is 35.5. The second kappa shape index (κ2) is 10.8. The van der Waals surface area contributed by atoms with E-state index in [1.165, 1.54) is 6.20 Å². The molecule has 0 saturated heterocycles. The molecule has 200 valence electrons. The molecule has 0 spiro atoms. The topological polar surface area (TPSA) is 120 Å². The summed E-state index contributed by atoms with van der Waals surface area (Å²) < 4.78 is 48.1. The van der Waals surface area contributed by atoms with Gasteiger partial charge in [0.15, 0.2) is 22.9 Å². The van der Waals surface area contributed by atoms with E-state index < -0.39 is 11.7 Å². The second-order valence-electron chi connectivity index (χ2n) is 8.67. The lowest BCUT2D eigenvalue weighted by molar-refractivity contribution is -0.529. The molecule has 0 aliphatic carbocycles. The van der Waals surface area contributed by atoms with Gasteiger partial charge in [-0.05, 0) is 37.9 Å². The average Bonchev–Trinajstić information content (AvgIpc) is 3.18. The quantitative estimate of drug-likeness (QED) is 0.253. The van der Waals surface area contributed by atoms with Crippen molar-refractivity contribution in [2.24, 2.45) is 12.0 Å². The number of hydrogen-bond donors (Lipinski definition) is 4. The Balaban J connectivity index is 1.68. The third kappa shape index (κ3) is 5.79. The van der Waals surface area contributed by atoms with Crippen molar-refractivity contribution in [3.8, 4) is 5.75 Å². The van der Waals surface area contributed by atoms with Crippen LogP contribution in [-0.4, -0.2) is 53.0 Å². The molecule has 4 rings (SSSR count). The number of halogens is 4. The molecule has 2 aromatic heterocycles. The van der Waals surface area contributed by atoms with Gasteiger partial charge in [-0.2, -0.15) is 18.2 Å². The maximum absolute atomic E-state index is 13.5. The van der Waals surface area contributed by atoms with Crippen molar-refractivity contribution >= 4 is 46.8 Å². The van der Waals surface area contributed by atoms with E-state index in [2.05, 4.69) is 25.6 Å². The number of quaternary nitrogens is 1. The van der Waals surface area contributed by atoms with Gasteiger partial charge in [0, 0.05) is 26.3 Å². The molecule has 1 aliphatic rings. The van der Waals surface area contributed by atoms with E-state index >= 15 is 0 Å². The van der Waals surface area contributed by atoms with E-state index in [0.29, 0.717) is 29.1 Å². The van der Waals surface area contributed by atoms with Crippen LogP contribution in [0, 0.1) is 5.41 Å². The fourth-order valence-electron chi connectivity index (χ4n) is 3.79. The van der Waals surface area contributed by atoms with Crippen molar-refractivity contribution in [2.45, 2.75) is 12.7 Å². The van der Waals surface area contributed by atoms with E-state index in [1.54, 1.807) is 61.5 Å². The standard InChI is InChI=1S/C24H25ClF3N9O/c1-30-19-11-31-16(9-32-19)17(8-29)38-18-10-33-22-21(20(18)25)37(4)23(35-22)34-15-6-13(12-36(2)3)5-14(7-15)24(26,27)28/h5-11,29-31H,12H2,1-4H3,(H,33,34,35)/p+1/b17-16+,29-8?. The Morgan fingerprint density at radius 2 is 2.05 bits per heavy atom. The number of ether oxygens (including phenoxy) is 1. The number of nitrogens with two attached hydrogens (primary N) is 1. The number of alkyl halides is 3. The molecular formula is C24H26ClF3N9O+. The second-order valence-corrected chi connectivity index (χ2v) is 9.05. The van der Waals surface area contributed by atoms with Crippen LogP contribution < -0.4 is 20.7 Å². The van der Waals surface area contributed by atoms with Crippen LogP contribution in [0.4, 0.5) is 24.8 Å². The van der Waals surface area contributed by atoms with Crippen LogP contribution in [0.2, 0.25) is 5.02 Å². The molecule has 3 aromatic rings. The number of nitrogens with zero attached hydrogens (tertiary/aromatic N) is 5. The zero-order chi connectivity index (χ0) is 27.6. The van der Waals surface area contributed by atoms with Crippen LogP contribution >= 0.6 is 11.6 Å². The summed E-state index contributed by atoms with van der Waals surface area (Å²) in [5.74, 6) is 1.27.